The minimum atomic E-state index is -4.46. The Morgan fingerprint density at radius 3 is 2.03 bits per heavy atom. The van der Waals surface area contributed by atoms with Gasteiger partial charge in [-0.25, -0.2) is 4.98 Å². The van der Waals surface area contributed by atoms with Crippen LogP contribution >= 0.6 is 0 Å². The molecule has 2 atom stereocenters. The van der Waals surface area contributed by atoms with E-state index < -0.39 is 42.4 Å². The summed E-state index contributed by atoms with van der Waals surface area (Å²) in [5.74, 6) is -1.91. The first-order chi connectivity index (χ1) is 16.5. The number of rotatable bonds is 9. The van der Waals surface area contributed by atoms with E-state index in [-0.39, 0.29) is 28.9 Å². The van der Waals surface area contributed by atoms with Crippen molar-refractivity contribution in [1.29, 1.82) is 0 Å². The van der Waals surface area contributed by atoms with Crippen LogP contribution in [0.15, 0.2) is 54.6 Å². The monoisotopic (exact) mass is 492 g/mol. The zero-order chi connectivity index (χ0) is 25.8. The van der Waals surface area contributed by atoms with Crippen LogP contribution in [0.25, 0.3) is 11.4 Å². The van der Waals surface area contributed by atoms with Gasteiger partial charge in [-0.2, -0.15) is 18.2 Å². The zero-order valence-electron chi connectivity index (χ0n) is 17.8. The molecule has 0 fully saturated rings. The first kappa shape index (κ1) is 25.4. The molecule has 0 bridgehead atoms. The lowest BCUT2D eigenvalue weighted by Gasteiger charge is -2.19. The van der Waals surface area contributed by atoms with E-state index in [1.807, 2.05) is 0 Å². The Morgan fingerprint density at radius 2 is 1.54 bits per heavy atom. The van der Waals surface area contributed by atoms with Crippen LogP contribution in [0.5, 0.6) is 17.4 Å². The summed E-state index contributed by atoms with van der Waals surface area (Å²) in [5, 5.41) is 18.8. The standard InChI is InChI=1S/C22H19F3N4O6/c23-22(24,25)12-3-7-14(8-4-12)34-13-5-1-11(2-6-13)21-28-15(19(26)32)9-17(29-21)35-18(20(27)33)16(31)10-30/h1-9,16,18,30-31H,10H2,(H2,26,32)(H2,27,33). The number of hydrogen-bond acceptors (Lipinski definition) is 8. The van der Waals surface area contributed by atoms with E-state index >= 15 is 0 Å². The van der Waals surface area contributed by atoms with E-state index in [9.17, 15) is 27.9 Å². The summed E-state index contributed by atoms with van der Waals surface area (Å²) in [6.45, 7) is -0.825. The molecule has 0 aliphatic heterocycles. The van der Waals surface area contributed by atoms with Gasteiger partial charge < -0.3 is 31.2 Å². The molecule has 35 heavy (non-hydrogen) atoms. The highest BCUT2D eigenvalue weighted by atomic mass is 19.4. The Kier molecular flexibility index (Phi) is 7.52. The molecule has 0 radical (unpaired) electrons. The summed E-state index contributed by atoms with van der Waals surface area (Å²) in [6, 6.07) is 11.1. The molecule has 2 amide bonds. The number of carbonyl (C=O) groups is 2. The molecule has 1 aromatic heterocycles. The number of halogens is 3. The SMILES string of the molecule is NC(=O)c1cc(OC(C(N)=O)C(O)CO)nc(-c2ccc(Oc3ccc(C(F)(F)F)cc3)cc2)n1. The number of ether oxygens (including phenoxy) is 2. The van der Waals surface area contributed by atoms with Crippen LogP contribution < -0.4 is 20.9 Å². The van der Waals surface area contributed by atoms with Crippen LogP contribution in [0.3, 0.4) is 0 Å². The molecular weight excluding hydrogens is 473 g/mol. The van der Waals surface area contributed by atoms with E-state index in [0.717, 1.165) is 18.2 Å². The third-order valence-electron chi connectivity index (χ3n) is 4.55. The number of primary amides is 2. The maximum absolute atomic E-state index is 12.7. The van der Waals surface area contributed by atoms with Crippen molar-refractivity contribution in [2.45, 2.75) is 18.4 Å². The highest BCUT2D eigenvalue weighted by Crippen LogP contribution is 2.32. The molecule has 0 aliphatic carbocycles. The number of aromatic nitrogens is 2. The number of benzene rings is 2. The lowest BCUT2D eigenvalue weighted by molar-refractivity contribution is -0.137. The van der Waals surface area contributed by atoms with Crippen molar-refractivity contribution in [3.63, 3.8) is 0 Å². The van der Waals surface area contributed by atoms with Gasteiger partial charge in [0.25, 0.3) is 11.8 Å². The summed E-state index contributed by atoms with van der Waals surface area (Å²) in [6.07, 6.45) is -7.77. The molecule has 0 saturated heterocycles. The molecule has 10 nitrogen and oxygen atoms in total. The zero-order valence-corrected chi connectivity index (χ0v) is 17.8. The molecule has 0 spiro atoms. The maximum Gasteiger partial charge on any atom is 0.416 e. The maximum atomic E-state index is 12.7. The Labute approximate surface area is 195 Å². The molecule has 13 heteroatoms. The second-order valence-electron chi connectivity index (χ2n) is 7.12. The number of amides is 2. The molecule has 0 aliphatic rings. The van der Waals surface area contributed by atoms with Crippen molar-refractivity contribution in [1.82, 2.24) is 9.97 Å². The number of aliphatic hydroxyl groups is 2. The van der Waals surface area contributed by atoms with Gasteiger partial charge in [0, 0.05) is 11.6 Å². The number of hydrogen-bond donors (Lipinski definition) is 4. The van der Waals surface area contributed by atoms with Crippen LogP contribution in [0, 0.1) is 0 Å². The summed E-state index contributed by atoms with van der Waals surface area (Å²) >= 11 is 0. The molecule has 6 N–H and O–H groups in total. The molecule has 3 rings (SSSR count). The highest BCUT2D eigenvalue weighted by Gasteiger charge is 2.30. The number of aliphatic hydroxyl groups excluding tert-OH is 2. The highest BCUT2D eigenvalue weighted by molar-refractivity contribution is 5.91. The van der Waals surface area contributed by atoms with Gasteiger partial charge in [0.1, 0.15) is 23.3 Å². The summed E-state index contributed by atoms with van der Waals surface area (Å²) in [5.41, 5.74) is 9.76. The molecule has 2 unspecified atom stereocenters. The van der Waals surface area contributed by atoms with Crippen molar-refractivity contribution >= 4 is 11.8 Å². The molecule has 2 aromatic carbocycles. The Bertz CT molecular complexity index is 1200. The van der Waals surface area contributed by atoms with Crippen LogP contribution in [-0.4, -0.2) is 50.8 Å². The Morgan fingerprint density at radius 1 is 0.971 bits per heavy atom. The van der Waals surface area contributed by atoms with E-state index in [2.05, 4.69) is 9.97 Å². The average molecular weight is 492 g/mol. The van der Waals surface area contributed by atoms with E-state index in [1.54, 1.807) is 0 Å². The van der Waals surface area contributed by atoms with Gasteiger partial charge in [-0.15, -0.1) is 0 Å². The predicted molar refractivity (Wildman–Crippen MR) is 114 cm³/mol. The van der Waals surface area contributed by atoms with Crippen LogP contribution in [-0.2, 0) is 11.0 Å². The van der Waals surface area contributed by atoms with Crippen molar-refractivity contribution in [3.05, 3.63) is 65.9 Å². The van der Waals surface area contributed by atoms with E-state index in [0.29, 0.717) is 5.56 Å². The summed E-state index contributed by atoms with van der Waals surface area (Å²) < 4.78 is 48.9. The van der Waals surface area contributed by atoms with Gasteiger partial charge in [0.15, 0.2) is 5.82 Å². The Hall–Kier alpha value is -4.23. The van der Waals surface area contributed by atoms with Crippen LogP contribution in [0.1, 0.15) is 16.1 Å². The van der Waals surface area contributed by atoms with Crippen LogP contribution in [0.4, 0.5) is 13.2 Å². The Balaban J connectivity index is 1.85. The van der Waals surface area contributed by atoms with Gasteiger partial charge in [-0.3, -0.25) is 9.59 Å². The van der Waals surface area contributed by atoms with E-state index in [1.165, 1.54) is 36.4 Å². The largest absolute Gasteiger partial charge is 0.461 e. The minimum Gasteiger partial charge on any atom is -0.461 e. The third-order valence-corrected chi connectivity index (χ3v) is 4.55. The number of nitrogens with two attached hydrogens (primary N) is 2. The summed E-state index contributed by atoms with van der Waals surface area (Å²) in [7, 11) is 0. The minimum absolute atomic E-state index is 0.0425. The van der Waals surface area contributed by atoms with E-state index in [4.69, 9.17) is 26.0 Å². The van der Waals surface area contributed by atoms with Crippen molar-refractivity contribution in [2.75, 3.05) is 6.61 Å². The topological polar surface area (TPSA) is 171 Å². The van der Waals surface area contributed by atoms with Crippen molar-refractivity contribution < 1.29 is 42.4 Å². The fraction of sp³-hybridized carbons (Fsp3) is 0.182. The smallest absolute Gasteiger partial charge is 0.416 e. The van der Waals surface area contributed by atoms with Gasteiger partial charge in [0.05, 0.1) is 12.2 Å². The first-order valence-electron chi connectivity index (χ1n) is 9.87. The lowest BCUT2D eigenvalue weighted by Crippen LogP contribution is -2.45. The molecule has 0 saturated carbocycles. The lowest BCUT2D eigenvalue weighted by atomic mass is 10.2. The summed E-state index contributed by atoms with van der Waals surface area (Å²) in [4.78, 5) is 31.4. The predicted octanol–water partition coefficient (Wildman–Crippen LogP) is 1.64. The number of nitrogens with zero attached hydrogens (tertiary/aromatic N) is 2. The van der Waals surface area contributed by atoms with Crippen molar-refractivity contribution in [2.24, 2.45) is 11.5 Å². The van der Waals surface area contributed by atoms with Gasteiger partial charge in [-0.05, 0) is 48.5 Å². The number of alkyl halides is 3. The molecule has 1 heterocycles. The average Bonchev–Trinajstić information content (AvgIpc) is 2.82. The fourth-order valence-corrected chi connectivity index (χ4v) is 2.81. The molecule has 184 valence electrons. The van der Waals surface area contributed by atoms with Gasteiger partial charge >= 0.3 is 6.18 Å². The first-order valence-corrected chi connectivity index (χ1v) is 9.87. The quantitative estimate of drug-likeness (QED) is 0.349. The normalized spacial score (nSPS) is 13.1. The van der Waals surface area contributed by atoms with Crippen molar-refractivity contribution in [3.8, 4) is 28.8 Å². The molecular formula is C22H19F3N4O6. The number of carbonyl (C=O) groups excluding carboxylic acids is 2. The molecule has 3 aromatic rings. The van der Waals surface area contributed by atoms with Gasteiger partial charge in [0.2, 0.25) is 12.0 Å². The van der Waals surface area contributed by atoms with Gasteiger partial charge in [-0.1, -0.05) is 0 Å². The van der Waals surface area contributed by atoms with Crippen LogP contribution in [0.2, 0.25) is 0 Å². The second kappa shape index (κ2) is 10.4. The third kappa shape index (κ3) is 6.43. The second-order valence-corrected chi connectivity index (χ2v) is 7.12. The fourth-order valence-electron chi connectivity index (χ4n) is 2.81.